The molecule has 1 aromatic carbocycles. The summed E-state index contributed by atoms with van der Waals surface area (Å²) in [7, 11) is 0. The van der Waals surface area contributed by atoms with E-state index in [0.29, 0.717) is 0 Å². The van der Waals surface area contributed by atoms with E-state index in [2.05, 4.69) is 0 Å². The molecule has 0 radical (unpaired) electrons. The molecule has 14 heteroatoms. The first-order valence-corrected chi connectivity index (χ1v) is 8.53. The molecule has 156 valence electrons. The fraction of sp³-hybridized carbons (Fsp3) is 0.538. The number of alkyl halides is 13. The molecule has 0 spiro atoms. The molecule has 0 atom stereocenters. The summed E-state index contributed by atoms with van der Waals surface area (Å²) in [5.74, 6) is -30.4. The summed E-state index contributed by atoms with van der Waals surface area (Å²) in [6.07, 6.45) is -7.39. The predicted molar refractivity (Wildman–Crippen MR) is 66.7 cm³/mol. The average Bonchev–Trinajstić information content (AvgIpc) is 2.52. The van der Waals surface area contributed by atoms with E-state index in [4.69, 9.17) is 0 Å². The molecule has 0 heterocycles. The van der Waals surface area contributed by atoms with E-state index in [1.165, 1.54) is 18.2 Å². The van der Waals surface area contributed by atoms with Crippen molar-refractivity contribution in [2.75, 3.05) is 0 Å². The monoisotopic (exact) mass is 490 g/mol. The van der Waals surface area contributed by atoms with Crippen LogP contribution in [0, 0.1) is 0 Å². The fourth-order valence-electron chi connectivity index (χ4n) is 1.59. The Morgan fingerprint density at radius 2 is 0.963 bits per heavy atom. The SMILES string of the molecule is FC(F)(F)C(F)(F)C(F)(F)C(F)(F)C(F)(F)C(F)(F)[Se]Cc1ccccc1. The van der Waals surface area contributed by atoms with Gasteiger partial charge in [0.05, 0.1) is 0 Å². The van der Waals surface area contributed by atoms with Gasteiger partial charge in [-0.1, -0.05) is 0 Å². The molecule has 1 rings (SSSR count). The van der Waals surface area contributed by atoms with Gasteiger partial charge < -0.3 is 0 Å². The van der Waals surface area contributed by atoms with Crippen LogP contribution in [0.3, 0.4) is 0 Å². The Hall–Kier alpha value is -1.17. The summed E-state index contributed by atoms with van der Waals surface area (Å²) in [6.45, 7) is 0. The zero-order valence-electron chi connectivity index (χ0n) is 12.4. The maximum absolute atomic E-state index is 13.5. The molecule has 0 fully saturated rings. The molecule has 0 amide bonds. The molecule has 27 heavy (non-hydrogen) atoms. The molecule has 0 bridgehead atoms. The average molecular weight is 489 g/mol. The normalized spacial score (nSPS) is 15.1. The van der Waals surface area contributed by atoms with Crippen molar-refractivity contribution in [1.29, 1.82) is 0 Å². The summed E-state index contributed by atoms with van der Waals surface area (Å²) in [4.78, 5) is -5.97. The molecular formula is C13H7F13Se. The molecule has 0 aliphatic heterocycles. The third-order valence-corrected chi connectivity index (χ3v) is 5.47. The first kappa shape index (κ1) is 23.9. The molecule has 0 saturated heterocycles. The minimum absolute atomic E-state index is 0.0938. The predicted octanol–water partition coefficient (Wildman–Crippen LogP) is 5.59. The van der Waals surface area contributed by atoms with Gasteiger partial charge in [-0.25, -0.2) is 0 Å². The Labute approximate surface area is 148 Å². The van der Waals surface area contributed by atoms with Crippen LogP contribution in [0.4, 0.5) is 57.1 Å². The second kappa shape index (κ2) is 7.02. The van der Waals surface area contributed by atoms with Crippen LogP contribution < -0.4 is 0 Å². The first-order valence-electron chi connectivity index (χ1n) is 6.46. The van der Waals surface area contributed by atoms with Gasteiger partial charge in [-0.15, -0.1) is 0 Å². The van der Waals surface area contributed by atoms with Gasteiger partial charge in [0.1, 0.15) is 0 Å². The van der Waals surface area contributed by atoms with Crippen LogP contribution in [-0.2, 0) is 5.32 Å². The van der Waals surface area contributed by atoms with Crippen LogP contribution in [0.5, 0.6) is 0 Å². The maximum atomic E-state index is 13.5. The number of halogens is 13. The van der Waals surface area contributed by atoms with Crippen LogP contribution in [0.2, 0.25) is 0 Å². The third kappa shape index (κ3) is 3.87. The quantitative estimate of drug-likeness (QED) is 0.347. The van der Waals surface area contributed by atoms with Crippen molar-refractivity contribution in [1.82, 2.24) is 0 Å². The van der Waals surface area contributed by atoms with Crippen molar-refractivity contribution in [2.45, 2.75) is 40.0 Å². The van der Waals surface area contributed by atoms with Gasteiger partial charge in [-0.05, 0) is 0 Å². The van der Waals surface area contributed by atoms with E-state index in [-0.39, 0.29) is 5.56 Å². The van der Waals surface area contributed by atoms with Crippen LogP contribution in [0.15, 0.2) is 30.3 Å². The summed E-state index contributed by atoms with van der Waals surface area (Å²) in [6, 6.07) is 6.06. The number of hydrogen-bond acceptors (Lipinski definition) is 0. The minimum atomic E-state index is -7.84. The molecule has 0 N–H and O–H groups in total. The Morgan fingerprint density at radius 1 is 0.556 bits per heavy atom. The van der Waals surface area contributed by atoms with Crippen molar-refractivity contribution in [2.24, 2.45) is 0 Å². The van der Waals surface area contributed by atoms with Crippen molar-refractivity contribution in [3.05, 3.63) is 35.9 Å². The topological polar surface area (TPSA) is 0 Å². The number of benzene rings is 1. The van der Waals surface area contributed by atoms with E-state index in [9.17, 15) is 57.1 Å². The third-order valence-electron chi connectivity index (χ3n) is 3.17. The van der Waals surface area contributed by atoms with Crippen LogP contribution in [0.25, 0.3) is 0 Å². The standard InChI is InChI=1S/C13H7F13Se/c14-8(15,10(18,19)12(22,23)24)9(16,17)11(20,21)13(25,26)27-6-7-4-2-1-3-5-7/h1-5H,6H2. The Morgan fingerprint density at radius 3 is 1.37 bits per heavy atom. The second-order valence-corrected chi connectivity index (χ2v) is 7.37. The van der Waals surface area contributed by atoms with Gasteiger partial charge in [0.2, 0.25) is 0 Å². The van der Waals surface area contributed by atoms with Gasteiger partial charge in [-0.2, -0.15) is 0 Å². The first-order chi connectivity index (χ1) is 11.8. The Balaban J connectivity index is 3.24. The van der Waals surface area contributed by atoms with Crippen LogP contribution >= 0.6 is 0 Å². The van der Waals surface area contributed by atoms with Gasteiger partial charge in [-0.3, -0.25) is 0 Å². The van der Waals surface area contributed by atoms with Gasteiger partial charge >= 0.3 is 148 Å². The summed E-state index contributed by atoms with van der Waals surface area (Å²) >= 11 is -2.88. The van der Waals surface area contributed by atoms with Crippen LogP contribution in [-0.4, -0.2) is 49.6 Å². The van der Waals surface area contributed by atoms with E-state index in [1.807, 2.05) is 0 Å². The van der Waals surface area contributed by atoms with Crippen LogP contribution in [0.1, 0.15) is 5.56 Å². The van der Waals surface area contributed by atoms with Crippen molar-refractivity contribution >= 4 is 15.0 Å². The zero-order chi connectivity index (χ0) is 21.5. The molecule has 0 aliphatic carbocycles. The van der Waals surface area contributed by atoms with E-state index in [1.54, 1.807) is 0 Å². The molecular weight excluding hydrogens is 482 g/mol. The summed E-state index contributed by atoms with van der Waals surface area (Å²) in [5.41, 5.74) is -0.0938. The zero-order valence-corrected chi connectivity index (χ0v) is 14.1. The van der Waals surface area contributed by atoms with Crippen molar-refractivity contribution < 1.29 is 57.1 Å². The molecule has 0 unspecified atom stereocenters. The summed E-state index contributed by atoms with van der Waals surface area (Å²) < 4.78 is 168. The van der Waals surface area contributed by atoms with Gasteiger partial charge in [0, 0.05) is 0 Å². The molecule has 0 nitrogen and oxygen atoms in total. The number of rotatable bonds is 7. The van der Waals surface area contributed by atoms with Crippen molar-refractivity contribution in [3.63, 3.8) is 0 Å². The number of hydrogen-bond donors (Lipinski definition) is 0. The van der Waals surface area contributed by atoms with E-state index in [0.717, 1.165) is 12.1 Å². The Kier molecular flexibility index (Phi) is 6.20. The van der Waals surface area contributed by atoms with Crippen molar-refractivity contribution in [3.8, 4) is 0 Å². The molecule has 0 aliphatic rings. The fourth-order valence-corrected chi connectivity index (χ4v) is 3.38. The second-order valence-electron chi connectivity index (χ2n) is 5.09. The molecule has 1 aromatic rings. The van der Waals surface area contributed by atoms with E-state index < -0.39 is 55.0 Å². The van der Waals surface area contributed by atoms with Gasteiger partial charge in [0.25, 0.3) is 0 Å². The summed E-state index contributed by atoms with van der Waals surface area (Å²) in [5, 5.41) is -1.01. The van der Waals surface area contributed by atoms with Gasteiger partial charge in [0.15, 0.2) is 0 Å². The Bertz CT molecular complexity index is 635. The van der Waals surface area contributed by atoms with E-state index >= 15 is 0 Å². The molecule has 0 aromatic heterocycles. The molecule has 0 saturated carbocycles.